The van der Waals surface area contributed by atoms with E-state index in [1.54, 1.807) is 0 Å². The molecule has 4 nitrogen and oxygen atoms in total. The molecule has 0 saturated carbocycles. The molecule has 1 fully saturated rings. The Balaban J connectivity index is 1.81. The number of hydrogen-bond donors (Lipinski definition) is 2. The first kappa shape index (κ1) is 18.0. The molecule has 1 aromatic carbocycles. The maximum Gasteiger partial charge on any atom is 0.255 e. The van der Waals surface area contributed by atoms with Crippen molar-refractivity contribution in [3.63, 3.8) is 0 Å². The van der Waals surface area contributed by atoms with E-state index in [1.807, 2.05) is 23.1 Å². The molecule has 4 heteroatoms. The number of carbonyl (C=O) groups is 1. The Kier molecular flexibility index (Phi) is 6.60. The fourth-order valence-electron chi connectivity index (χ4n) is 3.13. The minimum atomic E-state index is -1.22. The third-order valence-corrected chi connectivity index (χ3v) is 4.41. The monoisotopic (exact) mass is 318 g/mol. The molecule has 1 atom stereocenters. The highest BCUT2D eigenvalue weighted by molar-refractivity contribution is 5.86. The van der Waals surface area contributed by atoms with Crippen molar-refractivity contribution < 1.29 is 9.90 Å². The molecule has 1 aliphatic heterocycles. The van der Waals surface area contributed by atoms with E-state index in [1.165, 1.54) is 5.56 Å². The molecule has 23 heavy (non-hydrogen) atoms. The Morgan fingerprint density at radius 3 is 2.74 bits per heavy atom. The van der Waals surface area contributed by atoms with E-state index in [4.69, 9.17) is 0 Å². The van der Waals surface area contributed by atoms with Gasteiger partial charge in [-0.15, -0.1) is 0 Å². The lowest BCUT2D eigenvalue weighted by Crippen LogP contribution is -2.58. The lowest BCUT2D eigenvalue weighted by molar-refractivity contribution is -0.156. The molecule has 0 bridgehead atoms. The number of hydrogen-bond acceptors (Lipinski definition) is 3. The van der Waals surface area contributed by atoms with Gasteiger partial charge in [0, 0.05) is 19.6 Å². The maximum absolute atomic E-state index is 12.6. The van der Waals surface area contributed by atoms with E-state index in [0.717, 1.165) is 38.9 Å². The zero-order valence-corrected chi connectivity index (χ0v) is 14.4. The molecule has 0 radical (unpaired) electrons. The number of benzene rings is 1. The Labute approximate surface area is 139 Å². The number of nitrogens with one attached hydrogen (secondary N) is 1. The largest absolute Gasteiger partial charge is 0.379 e. The van der Waals surface area contributed by atoms with Gasteiger partial charge in [0.1, 0.15) is 0 Å². The summed E-state index contributed by atoms with van der Waals surface area (Å²) in [5, 5.41) is 13.9. The molecule has 1 amide bonds. The highest BCUT2D eigenvalue weighted by Crippen LogP contribution is 2.22. The van der Waals surface area contributed by atoms with Crippen LogP contribution in [0.3, 0.4) is 0 Å². The van der Waals surface area contributed by atoms with Crippen LogP contribution in [0.15, 0.2) is 30.3 Å². The smallest absolute Gasteiger partial charge is 0.255 e. The van der Waals surface area contributed by atoms with E-state index in [9.17, 15) is 9.90 Å². The van der Waals surface area contributed by atoms with Crippen molar-refractivity contribution in [2.24, 2.45) is 5.92 Å². The summed E-state index contributed by atoms with van der Waals surface area (Å²) < 4.78 is 0. The van der Waals surface area contributed by atoms with Crippen LogP contribution in [0.2, 0.25) is 0 Å². The SMILES string of the molecule is CC(C)CNC[C@@]1(O)CCCN(CCCc2ccccc2)C1=O. The molecule has 0 aromatic heterocycles. The summed E-state index contributed by atoms with van der Waals surface area (Å²) in [6, 6.07) is 10.3. The normalized spacial score (nSPS) is 21.9. The molecule has 0 spiro atoms. The summed E-state index contributed by atoms with van der Waals surface area (Å²) in [5.74, 6) is 0.410. The zero-order valence-electron chi connectivity index (χ0n) is 14.4. The van der Waals surface area contributed by atoms with Crippen LogP contribution in [0.25, 0.3) is 0 Å². The van der Waals surface area contributed by atoms with Crippen LogP contribution in [-0.2, 0) is 11.2 Å². The van der Waals surface area contributed by atoms with Gasteiger partial charge in [-0.25, -0.2) is 0 Å². The van der Waals surface area contributed by atoms with Gasteiger partial charge in [-0.1, -0.05) is 44.2 Å². The number of carbonyl (C=O) groups excluding carboxylic acids is 1. The van der Waals surface area contributed by atoms with Crippen LogP contribution in [0, 0.1) is 5.92 Å². The van der Waals surface area contributed by atoms with Crippen LogP contribution in [-0.4, -0.2) is 47.7 Å². The number of piperidine rings is 1. The van der Waals surface area contributed by atoms with Crippen molar-refractivity contribution >= 4 is 5.91 Å². The van der Waals surface area contributed by atoms with E-state index < -0.39 is 5.60 Å². The number of aryl methyl sites for hydroxylation is 1. The van der Waals surface area contributed by atoms with Gasteiger partial charge in [0.2, 0.25) is 0 Å². The molecule has 2 N–H and O–H groups in total. The van der Waals surface area contributed by atoms with Crippen molar-refractivity contribution in [1.82, 2.24) is 10.2 Å². The summed E-state index contributed by atoms with van der Waals surface area (Å²) in [6.45, 7) is 6.91. The van der Waals surface area contributed by atoms with Crippen molar-refractivity contribution in [3.05, 3.63) is 35.9 Å². The predicted octanol–water partition coefficient (Wildman–Crippen LogP) is 2.22. The van der Waals surface area contributed by atoms with Gasteiger partial charge in [0.25, 0.3) is 5.91 Å². The highest BCUT2D eigenvalue weighted by atomic mass is 16.3. The van der Waals surface area contributed by atoms with Crippen molar-refractivity contribution in [2.45, 2.75) is 45.1 Å². The van der Waals surface area contributed by atoms with Gasteiger partial charge in [0.15, 0.2) is 5.60 Å². The minimum Gasteiger partial charge on any atom is -0.379 e. The molecule has 0 aliphatic carbocycles. The van der Waals surface area contributed by atoms with Gasteiger partial charge in [-0.2, -0.15) is 0 Å². The van der Waals surface area contributed by atoms with Gasteiger partial charge in [-0.05, 0) is 43.7 Å². The topological polar surface area (TPSA) is 52.6 Å². The number of rotatable bonds is 8. The summed E-state index contributed by atoms with van der Waals surface area (Å²) in [7, 11) is 0. The molecular formula is C19H30N2O2. The standard InChI is InChI=1S/C19H30N2O2/c1-16(2)14-20-15-19(23)11-7-13-21(18(19)22)12-6-10-17-8-4-3-5-9-17/h3-5,8-9,16,20,23H,6-7,10-15H2,1-2H3/t19-/m0/s1. The van der Waals surface area contributed by atoms with Crippen LogP contribution in [0.4, 0.5) is 0 Å². The predicted molar refractivity (Wildman–Crippen MR) is 93.2 cm³/mol. The molecule has 0 unspecified atom stereocenters. The lowest BCUT2D eigenvalue weighted by atomic mass is 9.91. The second kappa shape index (κ2) is 8.46. The number of aliphatic hydroxyl groups is 1. The fraction of sp³-hybridized carbons (Fsp3) is 0.632. The van der Waals surface area contributed by atoms with E-state index in [0.29, 0.717) is 18.9 Å². The Morgan fingerprint density at radius 2 is 2.04 bits per heavy atom. The van der Waals surface area contributed by atoms with E-state index in [2.05, 4.69) is 31.3 Å². The van der Waals surface area contributed by atoms with Crippen molar-refractivity contribution in [2.75, 3.05) is 26.2 Å². The fourth-order valence-corrected chi connectivity index (χ4v) is 3.13. The van der Waals surface area contributed by atoms with Crippen molar-refractivity contribution in [1.29, 1.82) is 0 Å². The van der Waals surface area contributed by atoms with Gasteiger partial charge >= 0.3 is 0 Å². The zero-order chi connectivity index (χ0) is 16.7. The second-order valence-corrected chi connectivity index (χ2v) is 7.04. The van der Waals surface area contributed by atoms with Crippen LogP contribution in [0.1, 0.15) is 38.7 Å². The molecule has 1 heterocycles. The third kappa shape index (κ3) is 5.33. The maximum atomic E-state index is 12.6. The number of likely N-dealkylation sites (tertiary alicyclic amines) is 1. The Bertz CT molecular complexity index is 489. The Hall–Kier alpha value is -1.39. The quantitative estimate of drug-likeness (QED) is 0.773. The van der Waals surface area contributed by atoms with Gasteiger partial charge < -0.3 is 15.3 Å². The summed E-state index contributed by atoms with van der Waals surface area (Å²) in [6.07, 6.45) is 3.34. The first-order chi connectivity index (χ1) is 11.0. The second-order valence-electron chi connectivity index (χ2n) is 7.04. The third-order valence-electron chi connectivity index (χ3n) is 4.41. The highest BCUT2D eigenvalue weighted by Gasteiger charge is 2.41. The molecule has 1 aromatic rings. The van der Waals surface area contributed by atoms with E-state index in [-0.39, 0.29) is 5.91 Å². The molecular weight excluding hydrogens is 288 g/mol. The first-order valence-electron chi connectivity index (χ1n) is 8.78. The molecule has 1 saturated heterocycles. The summed E-state index contributed by atoms with van der Waals surface area (Å²) in [4.78, 5) is 14.4. The van der Waals surface area contributed by atoms with Gasteiger partial charge in [-0.3, -0.25) is 4.79 Å². The minimum absolute atomic E-state index is 0.104. The van der Waals surface area contributed by atoms with Crippen LogP contribution in [0.5, 0.6) is 0 Å². The van der Waals surface area contributed by atoms with Crippen LogP contribution >= 0.6 is 0 Å². The van der Waals surface area contributed by atoms with Crippen LogP contribution < -0.4 is 5.32 Å². The number of nitrogens with zero attached hydrogens (tertiary/aromatic N) is 1. The lowest BCUT2D eigenvalue weighted by Gasteiger charge is -2.38. The molecule has 2 rings (SSSR count). The summed E-state index contributed by atoms with van der Waals surface area (Å²) in [5.41, 5.74) is 0.0747. The Morgan fingerprint density at radius 1 is 1.30 bits per heavy atom. The summed E-state index contributed by atoms with van der Waals surface area (Å²) >= 11 is 0. The van der Waals surface area contributed by atoms with Crippen molar-refractivity contribution in [3.8, 4) is 0 Å². The molecule has 128 valence electrons. The number of amides is 1. The average Bonchev–Trinajstić information content (AvgIpc) is 2.52. The van der Waals surface area contributed by atoms with Gasteiger partial charge in [0.05, 0.1) is 0 Å². The van der Waals surface area contributed by atoms with E-state index >= 15 is 0 Å². The average molecular weight is 318 g/mol. The molecule has 1 aliphatic rings. The first-order valence-corrected chi connectivity index (χ1v) is 8.78.